The number of hydrogen-bond acceptors (Lipinski definition) is 6. The molecule has 2 heterocycles. The van der Waals surface area contributed by atoms with Crippen LogP contribution in [-0.4, -0.2) is 66.8 Å². The maximum atomic E-state index is 12.5. The molecule has 2 fully saturated rings. The molecule has 0 aromatic carbocycles. The van der Waals surface area contributed by atoms with Gasteiger partial charge in [0.2, 0.25) is 11.8 Å². The van der Waals surface area contributed by atoms with Gasteiger partial charge in [-0.25, -0.2) is 4.98 Å². The summed E-state index contributed by atoms with van der Waals surface area (Å²) in [6.45, 7) is 7.24. The van der Waals surface area contributed by atoms with Crippen LogP contribution < -0.4 is 9.64 Å². The average Bonchev–Trinajstić information content (AvgIpc) is 3.43. The maximum absolute atomic E-state index is 12.5. The van der Waals surface area contributed by atoms with E-state index in [1.165, 1.54) is 12.8 Å². The first kappa shape index (κ1) is 17.0. The average molecular weight is 334 g/mol. The first-order chi connectivity index (χ1) is 11.6. The molecule has 132 valence electrons. The Bertz CT molecular complexity index is 583. The van der Waals surface area contributed by atoms with Crippen LogP contribution >= 0.6 is 0 Å². The Kier molecular flexibility index (Phi) is 5.18. The van der Waals surface area contributed by atoms with Crippen molar-refractivity contribution in [3.63, 3.8) is 0 Å². The first-order valence-corrected chi connectivity index (χ1v) is 8.62. The minimum atomic E-state index is -0.354. The summed E-state index contributed by atoms with van der Waals surface area (Å²) in [6, 6.07) is 1.81. The highest BCUT2D eigenvalue weighted by Crippen LogP contribution is 2.29. The minimum absolute atomic E-state index is 0.0815. The van der Waals surface area contributed by atoms with E-state index in [1.807, 2.05) is 24.8 Å². The van der Waals surface area contributed by atoms with Crippen molar-refractivity contribution in [3.8, 4) is 5.88 Å². The molecule has 0 bridgehead atoms. The smallest absolute Gasteiger partial charge is 0.251 e. The van der Waals surface area contributed by atoms with Crippen LogP contribution in [0.1, 0.15) is 25.5 Å². The van der Waals surface area contributed by atoms with E-state index in [-0.39, 0.29) is 12.0 Å². The highest BCUT2D eigenvalue weighted by Gasteiger charge is 2.28. The van der Waals surface area contributed by atoms with Crippen LogP contribution in [0.15, 0.2) is 6.07 Å². The van der Waals surface area contributed by atoms with Gasteiger partial charge in [-0.05, 0) is 32.6 Å². The van der Waals surface area contributed by atoms with Gasteiger partial charge < -0.3 is 19.3 Å². The van der Waals surface area contributed by atoms with Crippen LogP contribution in [0.3, 0.4) is 0 Å². The number of piperazine rings is 1. The van der Waals surface area contributed by atoms with E-state index in [9.17, 15) is 4.79 Å². The molecular formula is C17H26N4O3. The molecular weight excluding hydrogens is 308 g/mol. The Balaban J connectivity index is 1.53. The fourth-order valence-electron chi connectivity index (χ4n) is 2.79. The van der Waals surface area contributed by atoms with Crippen molar-refractivity contribution in [1.29, 1.82) is 0 Å². The number of hydrogen-bond donors (Lipinski definition) is 0. The summed E-state index contributed by atoms with van der Waals surface area (Å²) in [4.78, 5) is 25.3. The molecule has 1 amide bonds. The van der Waals surface area contributed by atoms with Gasteiger partial charge in [0.25, 0.3) is 5.91 Å². The van der Waals surface area contributed by atoms with E-state index in [0.29, 0.717) is 50.5 Å². The van der Waals surface area contributed by atoms with E-state index >= 15 is 0 Å². The zero-order chi connectivity index (χ0) is 17.1. The number of methoxy groups -OCH3 is 1. The highest BCUT2D eigenvalue weighted by molar-refractivity contribution is 5.80. The number of ether oxygens (including phenoxy) is 2. The molecule has 0 spiro atoms. The van der Waals surface area contributed by atoms with Gasteiger partial charge in [0, 0.05) is 37.9 Å². The second kappa shape index (κ2) is 7.34. The monoisotopic (exact) mass is 334 g/mol. The molecule has 1 aliphatic carbocycles. The Morgan fingerprint density at radius 3 is 2.62 bits per heavy atom. The fourth-order valence-corrected chi connectivity index (χ4v) is 2.79. The zero-order valence-electron chi connectivity index (χ0n) is 14.7. The van der Waals surface area contributed by atoms with E-state index in [1.54, 1.807) is 7.11 Å². The summed E-state index contributed by atoms with van der Waals surface area (Å²) in [7, 11) is 1.60. The van der Waals surface area contributed by atoms with Gasteiger partial charge in [-0.15, -0.1) is 0 Å². The number of rotatable bonds is 6. The van der Waals surface area contributed by atoms with Crippen molar-refractivity contribution in [1.82, 2.24) is 14.9 Å². The number of carbonyl (C=O) groups excluding carboxylic acids is 1. The topological polar surface area (TPSA) is 67.8 Å². The maximum Gasteiger partial charge on any atom is 0.251 e. The van der Waals surface area contributed by atoms with Gasteiger partial charge in [-0.2, -0.15) is 4.98 Å². The molecule has 1 aromatic heterocycles. The standard InChI is InChI=1S/C17H26N4O3/c1-12-10-15(23-3)19-17(18-12)21-8-6-20(7-9-21)16(22)13(2)24-11-14-4-5-14/h10,13-14H,4-9,11H2,1-3H3/t13-/m0/s1. The summed E-state index contributed by atoms with van der Waals surface area (Å²) in [5.74, 6) is 1.98. The lowest BCUT2D eigenvalue weighted by molar-refractivity contribution is -0.143. The van der Waals surface area contributed by atoms with Crippen LogP contribution in [0.2, 0.25) is 0 Å². The molecule has 1 atom stereocenters. The van der Waals surface area contributed by atoms with Crippen LogP contribution in [0.5, 0.6) is 5.88 Å². The lowest BCUT2D eigenvalue weighted by Gasteiger charge is -2.36. The van der Waals surface area contributed by atoms with Gasteiger partial charge in [0.15, 0.2) is 0 Å². The van der Waals surface area contributed by atoms with Crippen molar-refractivity contribution in [2.75, 3.05) is 44.8 Å². The van der Waals surface area contributed by atoms with E-state index < -0.39 is 0 Å². The Morgan fingerprint density at radius 2 is 2.00 bits per heavy atom. The van der Waals surface area contributed by atoms with E-state index in [4.69, 9.17) is 9.47 Å². The summed E-state index contributed by atoms with van der Waals surface area (Å²) < 4.78 is 10.9. The van der Waals surface area contributed by atoms with Crippen molar-refractivity contribution in [3.05, 3.63) is 11.8 Å². The lowest BCUT2D eigenvalue weighted by Crippen LogP contribution is -2.52. The molecule has 2 aliphatic rings. The Morgan fingerprint density at radius 1 is 1.29 bits per heavy atom. The molecule has 0 radical (unpaired) electrons. The predicted molar refractivity (Wildman–Crippen MR) is 90.3 cm³/mol. The third-order valence-electron chi connectivity index (χ3n) is 4.53. The number of amides is 1. The summed E-state index contributed by atoms with van der Waals surface area (Å²) >= 11 is 0. The molecule has 1 aromatic rings. The molecule has 7 heteroatoms. The molecule has 0 unspecified atom stereocenters. The zero-order valence-corrected chi connectivity index (χ0v) is 14.7. The molecule has 7 nitrogen and oxygen atoms in total. The van der Waals surface area contributed by atoms with Crippen LogP contribution in [-0.2, 0) is 9.53 Å². The number of carbonyl (C=O) groups is 1. The number of anilines is 1. The van der Waals surface area contributed by atoms with Crippen LogP contribution in [0, 0.1) is 12.8 Å². The summed E-state index contributed by atoms with van der Waals surface area (Å²) in [6.07, 6.45) is 2.12. The van der Waals surface area contributed by atoms with Gasteiger partial charge in [0.1, 0.15) is 6.10 Å². The Hall–Kier alpha value is -1.89. The third kappa shape index (κ3) is 4.14. The molecule has 3 rings (SSSR count). The minimum Gasteiger partial charge on any atom is -0.481 e. The number of nitrogens with zero attached hydrogens (tertiary/aromatic N) is 4. The lowest BCUT2D eigenvalue weighted by atomic mass is 10.2. The SMILES string of the molecule is COc1cc(C)nc(N2CCN(C(=O)[C@H](C)OCC3CC3)CC2)n1. The fraction of sp³-hybridized carbons (Fsp3) is 0.706. The molecule has 1 saturated heterocycles. The summed E-state index contributed by atoms with van der Waals surface area (Å²) in [5.41, 5.74) is 0.873. The molecule has 0 N–H and O–H groups in total. The molecule has 1 aliphatic heterocycles. The molecule has 1 saturated carbocycles. The molecule has 24 heavy (non-hydrogen) atoms. The van der Waals surface area contributed by atoms with Crippen LogP contribution in [0.4, 0.5) is 5.95 Å². The van der Waals surface area contributed by atoms with Crippen molar-refractivity contribution >= 4 is 11.9 Å². The van der Waals surface area contributed by atoms with Gasteiger partial charge >= 0.3 is 0 Å². The van der Waals surface area contributed by atoms with Crippen molar-refractivity contribution in [2.45, 2.75) is 32.8 Å². The Labute approximate surface area is 143 Å². The second-order valence-electron chi connectivity index (χ2n) is 6.58. The largest absolute Gasteiger partial charge is 0.481 e. The quantitative estimate of drug-likeness (QED) is 0.780. The second-order valence-corrected chi connectivity index (χ2v) is 6.58. The van der Waals surface area contributed by atoms with E-state index in [2.05, 4.69) is 14.9 Å². The van der Waals surface area contributed by atoms with Crippen molar-refractivity contribution in [2.24, 2.45) is 5.92 Å². The number of aryl methyl sites for hydroxylation is 1. The highest BCUT2D eigenvalue weighted by atomic mass is 16.5. The van der Waals surface area contributed by atoms with Crippen molar-refractivity contribution < 1.29 is 14.3 Å². The summed E-state index contributed by atoms with van der Waals surface area (Å²) in [5, 5.41) is 0. The number of aromatic nitrogens is 2. The van der Waals surface area contributed by atoms with Gasteiger partial charge in [-0.3, -0.25) is 4.79 Å². The third-order valence-corrected chi connectivity index (χ3v) is 4.53. The van der Waals surface area contributed by atoms with Gasteiger partial charge in [0.05, 0.1) is 13.7 Å². The normalized spacial score (nSPS) is 19.3. The van der Waals surface area contributed by atoms with Crippen LogP contribution in [0.25, 0.3) is 0 Å². The van der Waals surface area contributed by atoms with Gasteiger partial charge in [-0.1, -0.05) is 0 Å². The first-order valence-electron chi connectivity index (χ1n) is 8.62. The predicted octanol–water partition coefficient (Wildman–Crippen LogP) is 1.26. The van der Waals surface area contributed by atoms with E-state index in [0.717, 1.165) is 5.69 Å².